The summed E-state index contributed by atoms with van der Waals surface area (Å²) in [5.74, 6) is 0.522. The molecule has 1 aromatic carbocycles. The molecule has 5 rings (SSSR count). The summed E-state index contributed by atoms with van der Waals surface area (Å²) in [6, 6.07) is 15.4. The molecule has 8 heteroatoms. The van der Waals surface area contributed by atoms with Crippen LogP contribution in [0.3, 0.4) is 0 Å². The first kappa shape index (κ1) is 21.3. The van der Waals surface area contributed by atoms with E-state index in [0.717, 1.165) is 22.0 Å². The predicted molar refractivity (Wildman–Crippen MR) is 130 cm³/mol. The van der Waals surface area contributed by atoms with Gasteiger partial charge in [0, 0.05) is 30.3 Å². The highest BCUT2D eigenvalue weighted by Crippen LogP contribution is 2.29. The SMILES string of the molecule is COc1ccc(-c2cc3c(cn2)ncc2c3n(-c3ccc(C(C)(C)C#N)cc3)c(=O)n2C)cn1. The van der Waals surface area contributed by atoms with Crippen LogP contribution in [-0.2, 0) is 12.5 Å². The van der Waals surface area contributed by atoms with Crippen LogP contribution in [0.5, 0.6) is 5.88 Å². The van der Waals surface area contributed by atoms with Crippen LogP contribution in [0.1, 0.15) is 19.4 Å². The van der Waals surface area contributed by atoms with Crippen LogP contribution < -0.4 is 10.4 Å². The maximum absolute atomic E-state index is 13.3. The Kier molecular flexibility index (Phi) is 4.91. The molecular formula is C26H22N6O2. The number of ether oxygens (including phenoxy) is 1. The van der Waals surface area contributed by atoms with Gasteiger partial charge in [0.25, 0.3) is 0 Å². The van der Waals surface area contributed by atoms with E-state index < -0.39 is 5.41 Å². The van der Waals surface area contributed by atoms with Gasteiger partial charge in [-0.15, -0.1) is 0 Å². The van der Waals surface area contributed by atoms with Gasteiger partial charge in [0.15, 0.2) is 0 Å². The van der Waals surface area contributed by atoms with Crippen molar-refractivity contribution in [3.05, 3.63) is 77.1 Å². The van der Waals surface area contributed by atoms with E-state index in [1.165, 1.54) is 0 Å². The van der Waals surface area contributed by atoms with E-state index in [1.807, 2.05) is 50.2 Å². The van der Waals surface area contributed by atoms with Crippen molar-refractivity contribution in [2.24, 2.45) is 7.05 Å². The van der Waals surface area contributed by atoms with Crippen LogP contribution in [0.15, 0.2) is 65.8 Å². The molecule has 0 aliphatic carbocycles. The number of hydrogen-bond donors (Lipinski definition) is 0. The first-order chi connectivity index (χ1) is 16.3. The predicted octanol–water partition coefficient (Wildman–Crippen LogP) is 4.14. The minimum absolute atomic E-state index is 0.180. The lowest BCUT2D eigenvalue weighted by atomic mass is 9.86. The van der Waals surface area contributed by atoms with Crippen LogP contribution >= 0.6 is 0 Å². The quantitative estimate of drug-likeness (QED) is 0.408. The molecule has 168 valence electrons. The average Bonchev–Trinajstić information content (AvgIpc) is 3.14. The third-order valence-corrected chi connectivity index (χ3v) is 6.14. The van der Waals surface area contributed by atoms with Gasteiger partial charge in [-0.2, -0.15) is 5.26 Å². The van der Waals surface area contributed by atoms with E-state index in [2.05, 4.69) is 21.0 Å². The number of hydrogen-bond acceptors (Lipinski definition) is 6. The average molecular weight is 451 g/mol. The molecular weight excluding hydrogens is 428 g/mol. The number of imidazole rings is 1. The summed E-state index contributed by atoms with van der Waals surface area (Å²) >= 11 is 0. The van der Waals surface area contributed by atoms with Gasteiger partial charge in [0.05, 0.1) is 58.9 Å². The molecule has 0 saturated heterocycles. The first-order valence-electron chi connectivity index (χ1n) is 10.7. The lowest BCUT2D eigenvalue weighted by Crippen LogP contribution is -2.21. The smallest absolute Gasteiger partial charge is 0.333 e. The number of nitrogens with zero attached hydrogens (tertiary/aromatic N) is 6. The molecule has 0 radical (unpaired) electrons. The van der Waals surface area contributed by atoms with Gasteiger partial charge in [-0.25, -0.2) is 9.78 Å². The van der Waals surface area contributed by atoms with E-state index in [4.69, 9.17) is 4.74 Å². The molecule has 8 nitrogen and oxygen atoms in total. The van der Waals surface area contributed by atoms with Crippen molar-refractivity contribution < 1.29 is 4.74 Å². The maximum atomic E-state index is 13.3. The van der Waals surface area contributed by atoms with Gasteiger partial charge < -0.3 is 4.74 Å². The monoisotopic (exact) mass is 450 g/mol. The number of pyridine rings is 3. The molecule has 0 aliphatic rings. The lowest BCUT2D eigenvalue weighted by molar-refractivity contribution is 0.398. The van der Waals surface area contributed by atoms with Crippen molar-refractivity contribution in [1.29, 1.82) is 5.26 Å². The summed E-state index contributed by atoms with van der Waals surface area (Å²) in [5.41, 5.74) is 4.48. The standard InChI is InChI=1S/C26H22N6O2/c1-26(2,15-27)17-6-8-18(9-7-17)32-24-19-11-20(16-5-10-23(34-4)30-12-16)28-13-21(19)29-14-22(24)31(3)25(32)33/h5-14H,1-4H3. The Labute approximate surface area is 195 Å². The molecule has 0 saturated carbocycles. The van der Waals surface area contributed by atoms with E-state index in [9.17, 15) is 10.1 Å². The Morgan fingerprint density at radius 3 is 2.41 bits per heavy atom. The Balaban J connectivity index is 1.75. The first-order valence-corrected chi connectivity index (χ1v) is 10.7. The molecule has 0 bridgehead atoms. The Hall–Kier alpha value is -4.51. The minimum Gasteiger partial charge on any atom is -0.481 e. The van der Waals surface area contributed by atoms with Crippen LogP contribution in [0, 0.1) is 11.3 Å². The molecule has 0 unspecified atom stereocenters. The van der Waals surface area contributed by atoms with E-state index in [0.29, 0.717) is 28.3 Å². The van der Waals surface area contributed by atoms with Gasteiger partial charge in [-0.05, 0) is 43.7 Å². The van der Waals surface area contributed by atoms with Crippen molar-refractivity contribution in [3.8, 4) is 28.9 Å². The summed E-state index contributed by atoms with van der Waals surface area (Å²) < 4.78 is 8.42. The summed E-state index contributed by atoms with van der Waals surface area (Å²) in [5, 5.41) is 10.3. The zero-order chi connectivity index (χ0) is 24.0. The van der Waals surface area contributed by atoms with Crippen LogP contribution in [0.25, 0.3) is 38.9 Å². The van der Waals surface area contributed by atoms with Crippen molar-refractivity contribution in [1.82, 2.24) is 24.1 Å². The number of aryl methyl sites for hydroxylation is 1. The minimum atomic E-state index is -0.619. The molecule has 0 amide bonds. The molecule has 34 heavy (non-hydrogen) atoms. The molecule has 0 aliphatic heterocycles. The molecule has 0 spiro atoms. The fraction of sp³-hybridized carbons (Fsp3) is 0.192. The van der Waals surface area contributed by atoms with E-state index in [-0.39, 0.29) is 5.69 Å². The Bertz CT molecular complexity index is 1640. The van der Waals surface area contributed by atoms with Gasteiger partial charge in [-0.1, -0.05) is 12.1 Å². The van der Waals surface area contributed by atoms with Gasteiger partial charge >= 0.3 is 5.69 Å². The third-order valence-electron chi connectivity index (χ3n) is 6.14. The Morgan fingerprint density at radius 1 is 1.00 bits per heavy atom. The normalized spacial score (nSPS) is 11.6. The fourth-order valence-corrected chi connectivity index (χ4v) is 4.04. The van der Waals surface area contributed by atoms with Crippen LogP contribution in [-0.4, -0.2) is 31.2 Å². The highest BCUT2D eigenvalue weighted by Gasteiger charge is 2.21. The van der Waals surface area contributed by atoms with E-state index in [1.54, 1.807) is 47.9 Å². The molecule has 0 N–H and O–H groups in total. The fourth-order valence-electron chi connectivity index (χ4n) is 4.04. The number of rotatable bonds is 4. The highest BCUT2D eigenvalue weighted by molar-refractivity contribution is 6.04. The van der Waals surface area contributed by atoms with Crippen molar-refractivity contribution in [2.45, 2.75) is 19.3 Å². The molecule has 4 aromatic heterocycles. The molecule has 0 fully saturated rings. The number of benzene rings is 1. The van der Waals surface area contributed by atoms with E-state index >= 15 is 0 Å². The Morgan fingerprint density at radius 2 is 1.76 bits per heavy atom. The third kappa shape index (κ3) is 3.30. The lowest BCUT2D eigenvalue weighted by Gasteiger charge is -2.16. The number of nitriles is 1. The van der Waals surface area contributed by atoms with Crippen LogP contribution in [0.4, 0.5) is 0 Å². The molecule has 5 aromatic rings. The molecule has 0 atom stereocenters. The second kappa shape index (κ2) is 7.81. The zero-order valence-corrected chi connectivity index (χ0v) is 19.3. The molecule has 4 heterocycles. The summed E-state index contributed by atoms with van der Waals surface area (Å²) in [6.45, 7) is 3.74. The zero-order valence-electron chi connectivity index (χ0n) is 19.3. The topological polar surface area (TPSA) is 98.6 Å². The van der Waals surface area contributed by atoms with Gasteiger partial charge in [-0.3, -0.25) is 19.1 Å². The highest BCUT2D eigenvalue weighted by atomic mass is 16.5. The van der Waals surface area contributed by atoms with Crippen molar-refractivity contribution in [2.75, 3.05) is 7.11 Å². The largest absolute Gasteiger partial charge is 0.481 e. The number of methoxy groups -OCH3 is 1. The van der Waals surface area contributed by atoms with Crippen LogP contribution in [0.2, 0.25) is 0 Å². The van der Waals surface area contributed by atoms with Crippen molar-refractivity contribution in [3.63, 3.8) is 0 Å². The summed E-state index contributed by atoms with van der Waals surface area (Å²) in [7, 11) is 3.30. The summed E-state index contributed by atoms with van der Waals surface area (Å²) in [6.07, 6.45) is 5.10. The second-order valence-corrected chi connectivity index (χ2v) is 8.63. The number of fused-ring (bicyclic) bond motifs is 3. The number of aromatic nitrogens is 5. The maximum Gasteiger partial charge on any atom is 0.333 e. The van der Waals surface area contributed by atoms with Crippen molar-refractivity contribution >= 4 is 21.9 Å². The second-order valence-electron chi connectivity index (χ2n) is 8.63. The summed E-state index contributed by atoms with van der Waals surface area (Å²) in [4.78, 5) is 26.7. The van der Waals surface area contributed by atoms with Gasteiger partial charge in [0.1, 0.15) is 0 Å². The van der Waals surface area contributed by atoms with Gasteiger partial charge in [0.2, 0.25) is 5.88 Å².